The molecule has 0 aromatic heterocycles. The van der Waals surface area contributed by atoms with Crippen molar-refractivity contribution in [2.24, 2.45) is 5.11 Å². The maximum absolute atomic E-state index is 12.3. The molecular formula is C36H60N6O17. The van der Waals surface area contributed by atoms with E-state index < -0.39 is 84.2 Å². The molecular weight excluding hydrogens is 788 g/mol. The highest BCUT2D eigenvalue weighted by atomic mass is 16.7. The first-order chi connectivity index (χ1) is 28.1. The number of rotatable bonds is 32. The fourth-order valence-electron chi connectivity index (χ4n) is 5.71. The highest BCUT2D eigenvalue weighted by molar-refractivity contribution is 5.78. The number of aliphatic hydroxyl groups excluding tert-OH is 4. The zero-order chi connectivity index (χ0) is 43.8. The lowest BCUT2D eigenvalue weighted by atomic mass is 9.88. The molecule has 1 fully saturated rings. The van der Waals surface area contributed by atoms with E-state index in [4.69, 9.17) is 43.8 Å². The average Bonchev–Trinajstić information content (AvgIpc) is 3.19. The van der Waals surface area contributed by atoms with Crippen LogP contribution in [0.3, 0.4) is 0 Å². The summed E-state index contributed by atoms with van der Waals surface area (Å²) >= 11 is 0. The molecule has 1 saturated heterocycles. The first-order valence-electron chi connectivity index (χ1n) is 19.4. The molecule has 0 bridgehead atoms. The summed E-state index contributed by atoms with van der Waals surface area (Å²) in [5.41, 5.74) is 7.10. The molecule has 59 heavy (non-hydrogen) atoms. The number of carbonyl (C=O) groups is 3. The largest absolute Gasteiger partial charge is 0.477 e. The number of carbonyl (C=O) groups excluding carboxylic acids is 2. The molecule has 1 aromatic carbocycles. The number of hydrogen-bond donors (Lipinski definition) is 8. The number of anilines is 2. The van der Waals surface area contributed by atoms with Gasteiger partial charge in [-0.1, -0.05) is 18.0 Å². The fourth-order valence-corrected chi connectivity index (χ4v) is 5.71. The minimum Gasteiger partial charge on any atom is -0.477 e. The summed E-state index contributed by atoms with van der Waals surface area (Å²) in [7, 11) is 0. The standard InChI is InChI=1S/C36H60N6O17/c1-35(2,3)58-26(47)8-12-53-14-16-55-18-19-56-17-15-54-13-10-39-29-28(31(49)32(29)50)38-9-6-4-5-7-11-57-36(34(51)52)20-23(44)27(41-25(46)22-43)33(59-36)30(48)24(45)21-40-42-37/h23-24,27,30,33,38-39,43-45,48H,4-22H2,1-3H3,(H,41,46)(H,51,52)/t23-,24+,27+,30+,33+,36+/m0/s1. The molecule has 1 amide bonds. The van der Waals surface area contributed by atoms with Crippen LogP contribution in [0.5, 0.6) is 0 Å². The summed E-state index contributed by atoms with van der Waals surface area (Å²) < 4.78 is 38.1. The van der Waals surface area contributed by atoms with E-state index in [1.807, 2.05) is 0 Å². The van der Waals surface area contributed by atoms with Crippen LogP contribution in [0.4, 0.5) is 11.4 Å². The minimum atomic E-state index is -2.47. The van der Waals surface area contributed by atoms with E-state index in [0.29, 0.717) is 71.9 Å². The third-order valence-electron chi connectivity index (χ3n) is 8.59. The van der Waals surface area contributed by atoms with E-state index >= 15 is 0 Å². The Morgan fingerprint density at radius 2 is 1.44 bits per heavy atom. The normalized spacial score (nSPS) is 20.4. The van der Waals surface area contributed by atoms with Crippen LogP contribution in [-0.2, 0) is 47.5 Å². The predicted octanol–water partition coefficient (Wildman–Crippen LogP) is -1.08. The molecule has 1 aliphatic heterocycles. The van der Waals surface area contributed by atoms with Gasteiger partial charge in [-0.3, -0.25) is 19.2 Å². The van der Waals surface area contributed by atoms with E-state index in [0.717, 1.165) is 0 Å². The number of amides is 1. The molecule has 23 heteroatoms. The predicted molar refractivity (Wildman–Crippen MR) is 207 cm³/mol. The highest BCUT2D eigenvalue weighted by Crippen LogP contribution is 2.34. The molecule has 0 radical (unpaired) electrons. The van der Waals surface area contributed by atoms with Crippen LogP contribution < -0.4 is 26.8 Å². The molecule has 2 rings (SSSR count). The number of hydrogen-bond acceptors (Lipinski definition) is 19. The zero-order valence-corrected chi connectivity index (χ0v) is 33.8. The summed E-state index contributed by atoms with van der Waals surface area (Å²) in [6, 6.07) is -1.46. The van der Waals surface area contributed by atoms with Crippen LogP contribution in [0.1, 0.15) is 59.3 Å². The molecule has 0 spiro atoms. The Bertz CT molecular complexity index is 1550. The zero-order valence-electron chi connectivity index (χ0n) is 33.8. The molecule has 0 aliphatic carbocycles. The average molecular weight is 849 g/mol. The van der Waals surface area contributed by atoms with Gasteiger partial charge in [-0.2, -0.15) is 0 Å². The van der Waals surface area contributed by atoms with Crippen molar-refractivity contribution in [2.75, 3.05) is 96.3 Å². The van der Waals surface area contributed by atoms with Gasteiger partial charge >= 0.3 is 11.9 Å². The van der Waals surface area contributed by atoms with Gasteiger partial charge in [0, 0.05) is 24.4 Å². The first kappa shape index (κ1) is 51.1. The van der Waals surface area contributed by atoms with Crippen molar-refractivity contribution in [1.29, 1.82) is 0 Å². The SMILES string of the molecule is CC(C)(C)OC(=O)CCOCCOCCOCCOCCNc1c(NCCCCCCO[C@]2(C(=O)O)C[C@H](O)[C@@H](NC(=O)CO)[C@H]([C@H](O)[C@H](O)CN=[N+]=[N-])O2)c(=O)c1=O. The second-order valence-electron chi connectivity index (χ2n) is 14.4. The van der Waals surface area contributed by atoms with Gasteiger partial charge in [-0.25, -0.2) is 4.79 Å². The van der Waals surface area contributed by atoms with Crippen molar-refractivity contribution >= 4 is 29.2 Å². The van der Waals surface area contributed by atoms with E-state index in [1.54, 1.807) is 20.8 Å². The van der Waals surface area contributed by atoms with Crippen LogP contribution in [0, 0.1) is 0 Å². The molecule has 8 N–H and O–H groups in total. The van der Waals surface area contributed by atoms with Gasteiger partial charge < -0.3 is 74.6 Å². The molecule has 1 heterocycles. The van der Waals surface area contributed by atoms with Crippen molar-refractivity contribution < 1.29 is 73.1 Å². The van der Waals surface area contributed by atoms with Crippen LogP contribution in [0.15, 0.2) is 14.7 Å². The van der Waals surface area contributed by atoms with Gasteiger partial charge in [0.25, 0.3) is 16.6 Å². The number of carboxylic acids is 1. The Hall–Kier alpha value is -4.00. The third kappa shape index (κ3) is 18.4. The molecule has 23 nitrogen and oxygen atoms in total. The van der Waals surface area contributed by atoms with Gasteiger partial charge in [0.05, 0.1) is 90.7 Å². The van der Waals surface area contributed by atoms with Gasteiger partial charge in [-0.05, 0) is 39.1 Å². The van der Waals surface area contributed by atoms with Gasteiger partial charge in [0.1, 0.15) is 35.8 Å². The summed E-state index contributed by atoms with van der Waals surface area (Å²) in [6.07, 6.45) is -5.53. The number of aliphatic carboxylic acids is 1. The lowest BCUT2D eigenvalue weighted by Crippen LogP contribution is -2.68. The first-order valence-corrected chi connectivity index (χ1v) is 19.4. The van der Waals surface area contributed by atoms with Crippen molar-refractivity contribution in [2.45, 2.75) is 101 Å². The second kappa shape index (κ2) is 27.0. The summed E-state index contributed by atoms with van der Waals surface area (Å²) in [6.45, 7) is 6.85. The van der Waals surface area contributed by atoms with Gasteiger partial charge in [0.15, 0.2) is 0 Å². The molecule has 0 unspecified atom stereocenters. The van der Waals surface area contributed by atoms with E-state index in [9.17, 15) is 44.4 Å². The molecule has 1 aromatic rings. The number of azide groups is 1. The van der Waals surface area contributed by atoms with Crippen molar-refractivity contribution in [3.63, 3.8) is 0 Å². The number of ether oxygens (including phenoxy) is 7. The van der Waals surface area contributed by atoms with Crippen molar-refractivity contribution in [3.05, 3.63) is 30.9 Å². The molecule has 1 aliphatic rings. The number of aliphatic hydroxyl groups is 4. The lowest BCUT2D eigenvalue weighted by Gasteiger charge is -2.46. The monoisotopic (exact) mass is 848 g/mol. The maximum atomic E-state index is 12.3. The highest BCUT2D eigenvalue weighted by Gasteiger charge is 2.55. The minimum absolute atomic E-state index is 0.157. The molecule has 0 saturated carbocycles. The van der Waals surface area contributed by atoms with E-state index in [1.165, 1.54) is 0 Å². The van der Waals surface area contributed by atoms with Crippen LogP contribution in [-0.4, -0.2) is 171 Å². The van der Waals surface area contributed by atoms with E-state index in [2.05, 4.69) is 26.0 Å². The lowest BCUT2D eigenvalue weighted by molar-refractivity contribution is -0.310. The van der Waals surface area contributed by atoms with Gasteiger partial charge in [0.2, 0.25) is 5.91 Å². The Balaban J connectivity index is 1.62. The fraction of sp³-hybridized carbons (Fsp3) is 0.806. The Morgan fingerprint density at radius 3 is 2.00 bits per heavy atom. The Kier molecular flexibility index (Phi) is 23.4. The summed E-state index contributed by atoms with van der Waals surface area (Å²) in [5.74, 6) is -5.40. The Labute approximate surface area is 340 Å². The maximum Gasteiger partial charge on any atom is 0.364 e. The number of esters is 1. The summed E-state index contributed by atoms with van der Waals surface area (Å²) in [5, 5.41) is 62.2. The third-order valence-corrected chi connectivity index (χ3v) is 8.59. The number of carboxylic acid groups (broad SMARTS) is 1. The molecule has 6 atom stereocenters. The quantitative estimate of drug-likeness (QED) is 0.0107. The number of unbranched alkanes of at least 4 members (excludes halogenated alkanes) is 3. The van der Waals surface area contributed by atoms with Crippen LogP contribution in [0.2, 0.25) is 0 Å². The van der Waals surface area contributed by atoms with Crippen molar-refractivity contribution in [3.8, 4) is 0 Å². The molecule has 336 valence electrons. The Morgan fingerprint density at radius 1 is 0.881 bits per heavy atom. The second-order valence-corrected chi connectivity index (χ2v) is 14.4. The van der Waals surface area contributed by atoms with Crippen LogP contribution in [0.25, 0.3) is 10.4 Å². The van der Waals surface area contributed by atoms with Crippen LogP contribution >= 0.6 is 0 Å². The van der Waals surface area contributed by atoms with E-state index in [-0.39, 0.29) is 50.1 Å². The summed E-state index contributed by atoms with van der Waals surface area (Å²) in [4.78, 5) is 62.5. The van der Waals surface area contributed by atoms with Gasteiger partial charge in [-0.15, -0.1) is 0 Å². The smallest absolute Gasteiger partial charge is 0.364 e. The number of nitrogens with zero attached hydrogens (tertiary/aromatic N) is 3. The van der Waals surface area contributed by atoms with Crippen molar-refractivity contribution in [1.82, 2.24) is 5.32 Å². The number of nitrogens with one attached hydrogen (secondary N) is 3. The topological polar surface area (TPSA) is 336 Å².